The second-order valence-corrected chi connectivity index (χ2v) is 3.75. The van der Waals surface area contributed by atoms with Crippen LogP contribution in [0.1, 0.15) is 20.8 Å². The summed E-state index contributed by atoms with van der Waals surface area (Å²) in [5.41, 5.74) is 1.35. The van der Waals surface area contributed by atoms with Crippen molar-refractivity contribution >= 4 is 0 Å². The minimum Gasteiger partial charge on any atom is -0.381 e. The summed E-state index contributed by atoms with van der Waals surface area (Å²) in [5.74, 6) is 1.27. The molecule has 0 fully saturated rings. The van der Waals surface area contributed by atoms with Crippen LogP contribution in [0.15, 0.2) is 24.4 Å². The first kappa shape index (κ1) is 11.3. The Bertz CT molecular complexity index is 166. The Morgan fingerprint density at radius 2 is 1.75 bits per heavy atom. The highest BCUT2D eigenvalue weighted by molar-refractivity contribution is 5.11. The molecule has 0 aromatic heterocycles. The van der Waals surface area contributed by atoms with Crippen molar-refractivity contribution < 1.29 is 0 Å². The van der Waals surface area contributed by atoms with E-state index in [1.165, 1.54) is 5.70 Å². The zero-order valence-corrected chi connectivity index (χ0v) is 8.96. The standard InChI is InChI=1S/C11H21N/c1-7-8-11(12(5)6)10(4)9(2)3/h7-10H,1H2,2-6H3/b11-8-. The maximum Gasteiger partial charge on any atom is 0.0158 e. The van der Waals surface area contributed by atoms with Gasteiger partial charge in [-0.05, 0) is 17.9 Å². The quantitative estimate of drug-likeness (QED) is 0.582. The molecular weight excluding hydrogens is 146 g/mol. The van der Waals surface area contributed by atoms with Crippen LogP contribution in [0.3, 0.4) is 0 Å². The summed E-state index contributed by atoms with van der Waals surface area (Å²) in [7, 11) is 4.16. The van der Waals surface area contributed by atoms with E-state index in [0.29, 0.717) is 11.8 Å². The van der Waals surface area contributed by atoms with Crippen molar-refractivity contribution in [3.8, 4) is 0 Å². The van der Waals surface area contributed by atoms with Gasteiger partial charge in [0.2, 0.25) is 0 Å². The molecule has 1 unspecified atom stereocenters. The van der Waals surface area contributed by atoms with Gasteiger partial charge in [0.1, 0.15) is 0 Å². The van der Waals surface area contributed by atoms with Crippen molar-refractivity contribution in [3.63, 3.8) is 0 Å². The molecule has 0 heterocycles. The van der Waals surface area contributed by atoms with Gasteiger partial charge in [-0.25, -0.2) is 0 Å². The lowest BCUT2D eigenvalue weighted by atomic mass is 9.93. The summed E-state index contributed by atoms with van der Waals surface area (Å²) in [6.07, 6.45) is 3.94. The lowest BCUT2D eigenvalue weighted by Crippen LogP contribution is -2.20. The highest BCUT2D eigenvalue weighted by Gasteiger charge is 2.13. The molecule has 70 valence electrons. The molecule has 12 heavy (non-hydrogen) atoms. The molecule has 0 aromatic carbocycles. The molecule has 0 bridgehead atoms. The van der Waals surface area contributed by atoms with Crippen LogP contribution in [0.25, 0.3) is 0 Å². The zero-order chi connectivity index (χ0) is 9.72. The van der Waals surface area contributed by atoms with E-state index in [1.807, 2.05) is 6.08 Å². The predicted molar refractivity (Wildman–Crippen MR) is 56.0 cm³/mol. The Morgan fingerprint density at radius 1 is 1.25 bits per heavy atom. The second-order valence-electron chi connectivity index (χ2n) is 3.75. The van der Waals surface area contributed by atoms with Crippen molar-refractivity contribution in [2.75, 3.05) is 14.1 Å². The monoisotopic (exact) mass is 167 g/mol. The van der Waals surface area contributed by atoms with Crippen LogP contribution in [0.4, 0.5) is 0 Å². The molecule has 0 radical (unpaired) electrons. The zero-order valence-electron chi connectivity index (χ0n) is 8.96. The first-order valence-electron chi connectivity index (χ1n) is 4.50. The van der Waals surface area contributed by atoms with Crippen LogP contribution in [-0.2, 0) is 0 Å². The maximum atomic E-state index is 3.72. The normalized spacial score (nSPS) is 14.7. The smallest absolute Gasteiger partial charge is 0.0158 e. The molecule has 0 saturated heterocycles. The summed E-state index contributed by atoms with van der Waals surface area (Å²) < 4.78 is 0. The van der Waals surface area contributed by atoms with Gasteiger partial charge in [-0.1, -0.05) is 33.4 Å². The fourth-order valence-corrected chi connectivity index (χ4v) is 1.17. The van der Waals surface area contributed by atoms with Gasteiger partial charge in [0.05, 0.1) is 0 Å². The molecular formula is C11H21N. The summed E-state index contributed by atoms with van der Waals surface area (Å²) in [6, 6.07) is 0. The Labute approximate surface area is 76.8 Å². The number of nitrogens with zero attached hydrogens (tertiary/aromatic N) is 1. The van der Waals surface area contributed by atoms with Crippen LogP contribution < -0.4 is 0 Å². The van der Waals surface area contributed by atoms with Crippen molar-refractivity contribution in [2.24, 2.45) is 11.8 Å². The van der Waals surface area contributed by atoms with E-state index in [-0.39, 0.29) is 0 Å². The van der Waals surface area contributed by atoms with Crippen molar-refractivity contribution in [3.05, 3.63) is 24.4 Å². The maximum absolute atomic E-state index is 3.72. The van der Waals surface area contributed by atoms with E-state index in [2.05, 4.69) is 52.4 Å². The van der Waals surface area contributed by atoms with E-state index in [1.54, 1.807) is 0 Å². The second kappa shape index (κ2) is 5.02. The summed E-state index contributed by atoms with van der Waals surface area (Å²) in [5, 5.41) is 0. The minimum absolute atomic E-state index is 0.595. The fourth-order valence-electron chi connectivity index (χ4n) is 1.17. The van der Waals surface area contributed by atoms with Gasteiger partial charge in [0.25, 0.3) is 0 Å². The van der Waals surface area contributed by atoms with E-state index in [4.69, 9.17) is 0 Å². The van der Waals surface area contributed by atoms with Gasteiger partial charge in [0.15, 0.2) is 0 Å². The molecule has 0 aliphatic rings. The highest BCUT2D eigenvalue weighted by atomic mass is 15.1. The van der Waals surface area contributed by atoms with Crippen LogP contribution >= 0.6 is 0 Å². The molecule has 0 amide bonds. The topological polar surface area (TPSA) is 3.24 Å². The van der Waals surface area contributed by atoms with Gasteiger partial charge < -0.3 is 4.90 Å². The Hall–Kier alpha value is -0.720. The third-order valence-corrected chi connectivity index (χ3v) is 2.27. The fraction of sp³-hybridized carbons (Fsp3) is 0.636. The number of hydrogen-bond acceptors (Lipinski definition) is 1. The number of hydrogen-bond donors (Lipinski definition) is 0. The molecule has 0 aliphatic heterocycles. The third-order valence-electron chi connectivity index (χ3n) is 2.27. The first-order valence-corrected chi connectivity index (χ1v) is 4.50. The molecule has 1 nitrogen and oxygen atoms in total. The Morgan fingerprint density at radius 3 is 2.00 bits per heavy atom. The molecule has 0 rings (SSSR count). The predicted octanol–water partition coefficient (Wildman–Crippen LogP) is 2.91. The van der Waals surface area contributed by atoms with Gasteiger partial charge >= 0.3 is 0 Å². The molecule has 0 spiro atoms. The van der Waals surface area contributed by atoms with Crippen LogP contribution in [0.2, 0.25) is 0 Å². The van der Waals surface area contributed by atoms with Gasteiger partial charge in [-0.3, -0.25) is 0 Å². The van der Waals surface area contributed by atoms with Crippen LogP contribution in [-0.4, -0.2) is 19.0 Å². The van der Waals surface area contributed by atoms with Crippen LogP contribution in [0, 0.1) is 11.8 Å². The molecule has 0 aliphatic carbocycles. The molecule has 1 heteroatoms. The van der Waals surface area contributed by atoms with Gasteiger partial charge in [0, 0.05) is 19.8 Å². The third kappa shape index (κ3) is 3.12. The largest absolute Gasteiger partial charge is 0.381 e. The highest BCUT2D eigenvalue weighted by Crippen LogP contribution is 2.20. The Balaban J connectivity index is 4.51. The average Bonchev–Trinajstić information content (AvgIpc) is 1.98. The Kier molecular flexibility index (Phi) is 4.72. The van der Waals surface area contributed by atoms with E-state index >= 15 is 0 Å². The van der Waals surface area contributed by atoms with Crippen LogP contribution in [0.5, 0.6) is 0 Å². The summed E-state index contributed by atoms with van der Waals surface area (Å²) >= 11 is 0. The van der Waals surface area contributed by atoms with Crippen molar-refractivity contribution in [1.82, 2.24) is 4.90 Å². The molecule has 0 N–H and O–H groups in total. The average molecular weight is 167 g/mol. The van der Waals surface area contributed by atoms with Gasteiger partial charge in [-0.2, -0.15) is 0 Å². The summed E-state index contributed by atoms with van der Waals surface area (Å²) in [4.78, 5) is 2.16. The van der Waals surface area contributed by atoms with E-state index in [0.717, 1.165) is 0 Å². The SMILES string of the molecule is C=C/C=C(/C(C)C(C)C)N(C)C. The summed E-state index contributed by atoms with van der Waals surface area (Å²) in [6.45, 7) is 10.5. The molecule has 1 atom stereocenters. The van der Waals surface area contributed by atoms with Crippen molar-refractivity contribution in [2.45, 2.75) is 20.8 Å². The lowest BCUT2D eigenvalue weighted by Gasteiger charge is -2.25. The number of allylic oxidation sites excluding steroid dienone is 3. The molecule has 0 aromatic rings. The lowest BCUT2D eigenvalue weighted by molar-refractivity contribution is 0.367. The first-order chi connectivity index (χ1) is 5.50. The number of rotatable bonds is 4. The van der Waals surface area contributed by atoms with E-state index in [9.17, 15) is 0 Å². The van der Waals surface area contributed by atoms with E-state index < -0.39 is 0 Å². The minimum atomic E-state index is 0.595. The van der Waals surface area contributed by atoms with Gasteiger partial charge in [-0.15, -0.1) is 0 Å². The van der Waals surface area contributed by atoms with Crippen molar-refractivity contribution in [1.29, 1.82) is 0 Å². The molecule has 0 saturated carbocycles.